The predicted molar refractivity (Wildman–Crippen MR) is 76.6 cm³/mol. The van der Waals surface area contributed by atoms with Gasteiger partial charge in [0.1, 0.15) is 6.61 Å². The average Bonchev–Trinajstić information content (AvgIpc) is 2.53. The molecule has 23 heavy (non-hydrogen) atoms. The molecule has 0 amide bonds. The second-order valence-electron chi connectivity index (χ2n) is 5.60. The zero-order valence-electron chi connectivity index (χ0n) is 13.0. The van der Waals surface area contributed by atoms with E-state index in [1.807, 2.05) is 19.9 Å². The van der Waals surface area contributed by atoms with Crippen molar-refractivity contribution in [2.75, 3.05) is 6.61 Å². The largest absolute Gasteiger partial charge is 0.411 e. The molecule has 0 aliphatic carbocycles. The molecule has 0 saturated carbocycles. The summed E-state index contributed by atoms with van der Waals surface area (Å²) in [6.45, 7) is 2.55. The monoisotopic (exact) mass is 334 g/mol. The van der Waals surface area contributed by atoms with E-state index in [4.69, 9.17) is 14.7 Å². The molecule has 4 nitrogen and oxygen atoms in total. The number of alkyl halides is 3. The van der Waals surface area contributed by atoms with Crippen molar-refractivity contribution in [1.82, 2.24) is 0 Å². The summed E-state index contributed by atoms with van der Waals surface area (Å²) >= 11 is 0. The van der Waals surface area contributed by atoms with Crippen LogP contribution in [-0.4, -0.2) is 24.3 Å². The molecule has 0 radical (unpaired) electrons. The summed E-state index contributed by atoms with van der Waals surface area (Å²) in [5.41, 5.74) is 1.40. The summed E-state index contributed by atoms with van der Waals surface area (Å²) in [5.74, 6) is -0.260. The number of hydrogen-bond acceptors (Lipinski definition) is 4. The number of fused-ring (bicyclic) bond motifs is 1. The number of benzene rings is 1. The highest BCUT2D eigenvalue weighted by Crippen LogP contribution is 2.44. The molecule has 1 aromatic carbocycles. The van der Waals surface area contributed by atoms with Crippen LogP contribution in [0.3, 0.4) is 0 Å². The van der Waals surface area contributed by atoms with Crippen LogP contribution in [0.5, 0.6) is 0 Å². The fourth-order valence-corrected chi connectivity index (χ4v) is 3.13. The Morgan fingerprint density at radius 3 is 2.30 bits per heavy atom. The lowest BCUT2D eigenvalue weighted by Crippen LogP contribution is -2.39. The Labute approximate surface area is 133 Å². The molecular formula is C16H21F3O4. The first kappa shape index (κ1) is 18.2. The van der Waals surface area contributed by atoms with Gasteiger partial charge in [0.05, 0.1) is 0 Å². The van der Waals surface area contributed by atoms with Crippen LogP contribution in [0.1, 0.15) is 50.0 Å². The summed E-state index contributed by atoms with van der Waals surface area (Å²) in [7, 11) is 0. The van der Waals surface area contributed by atoms with E-state index in [0.29, 0.717) is 5.56 Å². The molecule has 0 fully saturated rings. The van der Waals surface area contributed by atoms with Gasteiger partial charge in [0, 0.05) is 11.5 Å². The quantitative estimate of drug-likeness (QED) is 0.609. The van der Waals surface area contributed by atoms with Crippen LogP contribution in [0, 0.1) is 5.92 Å². The number of hydrogen-bond donors (Lipinski definition) is 1. The lowest BCUT2D eigenvalue weighted by molar-refractivity contribution is -0.391. The zero-order valence-corrected chi connectivity index (χ0v) is 13.0. The van der Waals surface area contributed by atoms with E-state index < -0.39 is 25.4 Å². The lowest BCUT2D eigenvalue weighted by Gasteiger charge is -2.40. The normalized spacial score (nSPS) is 24.7. The van der Waals surface area contributed by atoms with Crippen LogP contribution >= 0.6 is 0 Å². The Morgan fingerprint density at radius 2 is 1.78 bits per heavy atom. The van der Waals surface area contributed by atoms with Crippen LogP contribution < -0.4 is 0 Å². The third kappa shape index (κ3) is 4.23. The van der Waals surface area contributed by atoms with Crippen LogP contribution in [0.4, 0.5) is 13.2 Å². The average molecular weight is 334 g/mol. The summed E-state index contributed by atoms with van der Waals surface area (Å²) in [6, 6.07) is 7.10. The summed E-state index contributed by atoms with van der Waals surface area (Å²) in [4.78, 5) is 4.29. The van der Waals surface area contributed by atoms with E-state index >= 15 is 0 Å². The first-order chi connectivity index (χ1) is 10.9. The van der Waals surface area contributed by atoms with Crippen LogP contribution in [0.25, 0.3) is 0 Å². The molecule has 1 aromatic rings. The molecule has 0 saturated heterocycles. The number of halogens is 3. The Balaban J connectivity index is 2.36. The van der Waals surface area contributed by atoms with Crippen molar-refractivity contribution in [3.05, 3.63) is 35.4 Å². The van der Waals surface area contributed by atoms with Crippen LogP contribution in [0.2, 0.25) is 0 Å². The highest BCUT2D eigenvalue weighted by atomic mass is 19.4. The van der Waals surface area contributed by atoms with Crippen molar-refractivity contribution >= 4 is 0 Å². The van der Waals surface area contributed by atoms with Gasteiger partial charge >= 0.3 is 6.18 Å². The maximum atomic E-state index is 12.5. The van der Waals surface area contributed by atoms with Crippen molar-refractivity contribution in [3.63, 3.8) is 0 Å². The van der Waals surface area contributed by atoms with Gasteiger partial charge in [-0.15, -0.1) is 0 Å². The molecule has 0 spiro atoms. The second-order valence-corrected chi connectivity index (χ2v) is 5.60. The van der Waals surface area contributed by atoms with Crippen molar-refractivity contribution in [2.45, 2.75) is 51.4 Å². The summed E-state index contributed by atoms with van der Waals surface area (Å²) in [6.07, 6.45) is -5.19. The van der Waals surface area contributed by atoms with E-state index in [-0.39, 0.29) is 11.8 Å². The minimum Gasteiger partial charge on any atom is -0.342 e. The highest BCUT2D eigenvalue weighted by molar-refractivity contribution is 5.34. The van der Waals surface area contributed by atoms with Gasteiger partial charge in [-0.2, -0.15) is 13.2 Å². The first-order valence-corrected chi connectivity index (χ1v) is 7.64. The van der Waals surface area contributed by atoms with Gasteiger partial charge in [0.2, 0.25) is 6.29 Å². The maximum absolute atomic E-state index is 12.5. The fourth-order valence-electron chi connectivity index (χ4n) is 3.13. The minimum atomic E-state index is -4.45. The molecule has 130 valence electrons. The summed E-state index contributed by atoms with van der Waals surface area (Å²) in [5, 5.41) is 9.02. The van der Waals surface area contributed by atoms with Crippen molar-refractivity contribution in [3.8, 4) is 0 Å². The van der Waals surface area contributed by atoms with Gasteiger partial charge in [-0.25, -0.2) is 10.1 Å². The minimum absolute atomic E-state index is 0.0917. The molecule has 1 aliphatic heterocycles. The third-order valence-corrected chi connectivity index (χ3v) is 4.22. The Bertz CT molecular complexity index is 502. The lowest BCUT2D eigenvalue weighted by atomic mass is 9.78. The fraction of sp³-hybridized carbons (Fsp3) is 0.625. The molecule has 1 aliphatic rings. The van der Waals surface area contributed by atoms with E-state index in [0.717, 1.165) is 18.4 Å². The Kier molecular flexibility index (Phi) is 6.02. The Morgan fingerprint density at radius 1 is 1.17 bits per heavy atom. The van der Waals surface area contributed by atoms with Gasteiger partial charge in [0.25, 0.3) is 0 Å². The van der Waals surface area contributed by atoms with Crippen LogP contribution in [-0.2, 0) is 14.4 Å². The number of ether oxygens (including phenoxy) is 2. The van der Waals surface area contributed by atoms with Crippen LogP contribution in [0.15, 0.2) is 24.3 Å². The first-order valence-electron chi connectivity index (χ1n) is 7.64. The predicted octanol–water partition coefficient (Wildman–Crippen LogP) is 4.63. The molecule has 1 N–H and O–H groups in total. The van der Waals surface area contributed by atoms with E-state index in [2.05, 4.69) is 4.89 Å². The Hall–Kier alpha value is -1.15. The molecule has 0 aromatic heterocycles. The van der Waals surface area contributed by atoms with Crippen molar-refractivity contribution in [2.24, 2.45) is 5.92 Å². The molecular weight excluding hydrogens is 313 g/mol. The zero-order chi connectivity index (χ0) is 17.0. The van der Waals surface area contributed by atoms with Gasteiger partial charge in [-0.1, -0.05) is 51.0 Å². The molecule has 0 bridgehead atoms. The van der Waals surface area contributed by atoms with Gasteiger partial charge in [0.15, 0.2) is 6.29 Å². The van der Waals surface area contributed by atoms with E-state index in [1.54, 1.807) is 18.2 Å². The van der Waals surface area contributed by atoms with Gasteiger partial charge in [-0.3, -0.25) is 0 Å². The summed E-state index contributed by atoms with van der Waals surface area (Å²) < 4.78 is 48.0. The van der Waals surface area contributed by atoms with Gasteiger partial charge in [-0.05, 0) is 11.5 Å². The van der Waals surface area contributed by atoms with Crippen molar-refractivity contribution in [1.29, 1.82) is 0 Å². The molecule has 1 heterocycles. The topological polar surface area (TPSA) is 47.9 Å². The van der Waals surface area contributed by atoms with Crippen molar-refractivity contribution < 1.29 is 32.8 Å². The highest BCUT2D eigenvalue weighted by Gasteiger charge is 2.42. The molecule has 0 unspecified atom stereocenters. The maximum Gasteiger partial charge on any atom is 0.411 e. The standard InChI is InChI=1S/C16H21F3O4/c1-3-10(4-2)13-11-7-5-6-8-12(11)14(23-20)22-15(13)21-9-16(17,18)19/h5-8,10,13-15,20H,3-4,9H2,1-2H3/t13-,14-,15-/m0/s1. The molecule has 3 atom stereocenters. The third-order valence-electron chi connectivity index (χ3n) is 4.22. The second kappa shape index (κ2) is 7.61. The molecule has 2 rings (SSSR count). The van der Waals surface area contributed by atoms with E-state index in [9.17, 15) is 13.2 Å². The van der Waals surface area contributed by atoms with E-state index in [1.165, 1.54) is 0 Å². The SMILES string of the molecule is CCC(CC)[C@H]1c2ccccc2[C@H](OO)O[C@@H]1OCC(F)(F)F. The molecule has 7 heteroatoms. The smallest absolute Gasteiger partial charge is 0.342 e. The number of rotatable bonds is 6. The van der Waals surface area contributed by atoms with Gasteiger partial charge < -0.3 is 9.47 Å².